The molecule has 5 rings (SSSR count). The SMILES string of the molecule is Cc1ccc(-c2nc(C3=C(c4nc(-c5ccccc5)sc4C)C(F)(F)C(F)(F)C3(F)F)c(C)s2)cc1. The molecule has 2 aromatic carbocycles. The fourth-order valence-corrected chi connectivity index (χ4v) is 5.99. The summed E-state index contributed by atoms with van der Waals surface area (Å²) in [6.45, 7) is 4.67. The topological polar surface area (TPSA) is 25.8 Å². The zero-order valence-corrected chi connectivity index (χ0v) is 20.8. The van der Waals surface area contributed by atoms with Crippen LogP contribution in [0, 0.1) is 20.8 Å². The highest BCUT2D eigenvalue weighted by Gasteiger charge is 2.81. The number of nitrogens with zero attached hydrogens (tertiary/aromatic N) is 2. The normalized spacial score (nSPS) is 18.1. The molecule has 2 heterocycles. The molecule has 0 fully saturated rings. The summed E-state index contributed by atoms with van der Waals surface area (Å²) in [6.07, 6.45) is 0. The minimum atomic E-state index is -5.66. The molecular formula is C26H18F6N2S2. The largest absolute Gasteiger partial charge is 0.380 e. The van der Waals surface area contributed by atoms with Crippen LogP contribution in [0.1, 0.15) is 26.7 Å². The quantitative estimate of drug-likeness (QED) is 0.244. The maximum atomic E-state index is 15.3. The monoisotopic (exact) mass is 536 g/mol. The van der Waals surface area contributed by atoms with Gasteiger partial charge in [-0.3, -0.25) is 0 Å². The lowest BCUT2D eigenvalue weighted by atomic mass is 10.0. The Bertz CT molecular complexity index is 1480. The van der Waals surface area contributed by atoms with E-state index in [1.807, 2.05) is 6.92 Å². The molecule has 0 amide bonds. The second-order valence-corrected chi connectivity index (χ2v) is 11.0. The van der Waals surface area contributed by atoms with Gasteiger partial charge >= 0.3 is 17.8 Å². The number of hydrogen-bond acceptors (Lipinski definition) is 4. The van der Waals surface area contributed by atoms with Gasteiger partial charge < -0.3 is 0 Å². The van der Waals surface area contributed by atoms with E-state index in [9.17, 15) is 8.78 Å². The molecule has 2 aromatic heterocycles. The van der Waals surface area contributed by atoms with Gasteiger partial charge in [-0.2, -0.15) is 26.3 Å². The van der Waals surface area contributed by atoms with Crippen molar-refractivity contribution in [1.82, 2.24) is 9.97 Å². The van der Waals surface area contributed by atoms with Crippen molar-refractivity contribution in [2.45, 2.75) is 38.5 Å². The molecule has 4 aromatic rings. The van der Waals surface area contributed by atoms with E-state index in [-0.39, 0.29) is 19.8 Å². The molecular weight excluding hydrogens is 518 g/mol. The van der Waals surface area contributed by atoms with Gasteiger partial charge in [0.2, 0.25) is 0 Å². The molecule has 2 nitrogen and oxygen atoms in total. The van der Waals surface area contributed by atoms with Crippen LogP contribution < -0.4 is 0 Å². The summed E-state index contributed by atoms with van der Waals surface area (Å²) < 4.78 is 90.5. The Kier molecular flexibility index (Phi) is 5.68. The van der Waals surface area contributed by atoms with Crippen molar-refractivity contribution >= 4 is 33.8 Å². The first kappa shape index (κ1) is 24.7. The third-order valence-electron chi connectivity index (χ3n) is 6.05. The van der Waals surface area contributed by atoms with E-state index in [1.165, 1.54) is 13.8 Å². The van der Waals surface area contributed by atoms with Crippen molar-refractivity contribution in [3.63, 3.8) is 0 Å². The summed E-state index contributed by atoms with van der Waals surface area (Å²) in [5.74, 6) is -16.0. The number of allylic oxidation sites excluding steroid dienone is 2. The van der Waals surface area contributed by atoms with Crippen LogP contribution in [0.2, 0.25) is 0 Å². The average Bonchev–Trinajstić information content (AvgIpc) is 3.42. The predicted octanol–water partition coefficient (Wildman–Crippen LogP) is 8.69. The first-order valence-corrected chi connectivity index (χ1v) is 12.5. The fourth-order valence-electron chi connectivity index (χ4n) is 4.14. The summed E-state index contributed by atoms with van der Waals surface area (Å²) in [4.78, 5) is 8.59. The average molecular weight is 537 g/mol. The second-order valence-electron chi connectivity index (χ2n) is 8.55. The molecule has 0 saturated carbocycles. The number of hydrogen-bond donors (Lipinski definition) is 0. The molecule has 1 aliphatic carbocycles. The van der Waals surface area contributed by atoms with E-state index >= 15 is 17.6 Å². The van der Waals surface area contributed by atoms with Gasteiger partial charge in [0.15, 0.2) is 0 Å². The molecule has 0 radical (unpaired) electrons. The lowest BCUT2D eigenvalue weighted by Crippen LogP contribution is -2.49. The highest BCUT2D eigenvalue weighted by atomic mass is 32.1. The summed E-state index contributed by atoms with van der Waals surface area (Å²) >= 11 is 1.95. The molecule has 0 atom stereocenters. The Morgan fingerprint density at radius 2 is 1.00 bits per heavy atom. The first-order valence-electron chi connectivity index (χ1n) is 10.8. The summed E-state index contributed by atoms with van der Waals surface area (Å²) in [6, 6.07) is 15.5. The number of benzene rings is 2. The number of halogens is 6. The zero-order chi connectivity index (χ0) is 26.0. The Labute approximate surface area is 211 Å². The van der Waals surface area contributed by atoms with Crippen molar-refractivity contribution in [3.05, 3.63) is 81.3 Å². The molecule has 0 saturated heterocycles. The van der Waals surface area contributed by atoms with Crippen LogP contribution >= 0.6 is 22.7 Å². The van der Waals surface area contributed by atoms with E-state index in [1.54, 1.807) is 54.6 Å². The highest BCUT2D eigenvalue weighted by molar-refractivity contribution is 7.15. The molecule has 0 unspecified atom stereocenters. The van der Waals surface area contributed by atoms with Crippen molar-refractivity contribution in [2.24, 2.45) is 0 Å². The van der Waals surface area contributed by atoms with Crippen molar-refractivity contribution in [1.29, 1.82) is 0 Å². The molecule has 10 heteroatoms. The zero-order valence-electron chi connectivity index (χ0n) is 19.2. The van der Waals surface area contributed by atoms with Gasteiger partial charge in [-0.15, -0.1) is 22.7 Å². The van der Waals surface area contributed by atoms with E-state index in [0.29, 0.717) is 11.1 Å². The Morgan fingerprint density at radius 1 is 0.583 bits per heavy atom. The second kappa shape index (κ2) is 8.27. The van der Waals surface area contributed by atoms with Gasteiger partial charge in [-0.25, -0.2) is 9.97 Å². The van der Waals surface area contributed by atoms with E-state index in [0.717, 1.165) is 28.2 Å². The third-order valence-corrected chi connectivity index (χ3v) is 8.09. The van der Waals surface area contributed by atoms with Gasteiger partial charge in [0.05, 0.1) is 22.5 Å². The molecule has 186 valence electrons. The van der Waals surface area contributed by atoms with Crippen LogP contribution in [-0.2, 0) is 0 Å². The minimum absolute atomic E-state index is 0.126. The van der Waals surface area contributed by atoms with E-state index in [2.05, 4.69) is 9.97 Å². The first-order chi connectivity index (χ1) is 16.9. The summed E-state index contributed by atoms with van der Waals surface area (Å²) in [5, 5.41) is 0.531. The van der Waals surface area contributed by atoms with Gasteiger partial charge in [-0.05, 0) is 20.8 Å². The van der Waals surface area contributed by atoms with Crippen molar-refractivity contribution < 1.29 is 26.3 Å². The Morgan fingerprint density at radius 3 is 1.44 bits per heavy atom. The van der Waals surface area contributed by atoms with Gasteiger partial charge in [0.1, 0.15) is 10.0 Å². The lowest BCUT2D eigenvalue weighted by Gasteiger charge is -2.25. The third kappa shape index (κ3) is 3.53. The van der Waals surface area contributed by atoms with Crippen LogP contribution in [0.15, 0.2) is 54.6 Å². The highest BCUT2D eigenvalue weighted by Crippen LogP contribution is 2.65. The van der Waals surface area contributed by atoms with Crippen molar-refractivity contribution in [3.8, 4) is 21.1 Å². The molecule has 0 spiro atoms. The maximum Gasteiger partial charge on any atom is 0.380 e. The predicted molar refractivity (Wildman–Crippen MR) is 131 cm³/mol. The Balaban J connectivity index is 1.77. The molecule has 0 N–H and O–H groups in total. The summed E-state index contributed by atoms with van der Waals surface area (Å²) in [7, 11) is 0. The lowest BCUT2D eigenvalue weighted by molar-refractivity contribution is -0.254. The minimum Gasteiger partial charge on any atom is -0.236 e. The van der Waals surface area contributed by atoms with E-state index < -0.39 is 40.3 Å². The fraction of sp³-hybridized carbons (Fsp3) is 0.231. The number of alkyl halides is 6. The molecule has 1 aliphatic rings. The van der Waals surface area contributed by atoms with Gasteiger partial charge in [0.25, 0.3) is 0 Å². The van der Waals surface area contributed by atoms with Gasteiger partial charge in [0, 0.05) is 20.9 Å². The maximum absolute atomic E-state index is 15.3. The number of aromatic nitrogens is 2. The standard InChI is InChI=1S/C26H18F6N2S2/c1-13-9-11-17(12-10-13)23-34-21(15(3)36-23)19-18(24(27,28)26(31,32)25(19,29)30)20-14(2)35-22(33-20)16-7-5-4-6-8-16/h4-12H,1-3H3. The molecule has 0 aliphatic heterocycles. The van der Waals surface area contributed by atoms with Crippen LogP contribution in [0.25, 0.3) is 32.3 Å². The van der Waals surface area contributed by atoms with Crippen LogP contribution in [0.3, 0.4) is 0 Å². The number of thiazole rings is 2. The van der Waals surface area contributed by atoms with Crippen LogP contribution in [-0.4, -0.2) is 27.7 Å². The Hall–Kier alpha value is -2.98. The van der Waals surface area contributed by atoms with E-state index in [4.69, 9.17) is 0 Å². The smallest absolute Gasteiger partial charge is 0.236 e. The van der Waals surface area contributed by atoms with Crippen LogP contribution in [0.5, 0.6) is 0 Å². The number of rotatable bonds is 4. The molecule has 36 heavy (non-hydrogen) atoms. The summed E-state index contributed by atoms with van der Waals surface area (Å²) in [5.41, 5.74) is -2.01. The number of aryl methyl sites for hydroxylation is 3. The molecule has 0 bridgehead atoms. The van der Waals surface area contributed by atoms with Gasteiger partial charge in [-0.1, -0.05) is 60.2 Å². The van der Waals surface area contributed by atoms with Crippen LogP contribution in [0.4, 0.5) is 26.3 Å². The van der Waals surface area contributed by atoms with Crippen molar-refractivity contribution in [2.75, 3.05) is 0 Å².